The minimum Gasteiger partial charge on any atom is -0.377 e. The summed E-state index contributed by atoms with van der Waals surface area (Å²) in [6.45, 7) is 1.55. The van der Waals surface area contributed by atoms with Crippen LogP contribution in [0.4, 0.5) is 19.3 Å². The normalized spacial score (nSPS) is 24.3. The van der Waals surface area contributed by atoms with Crippen molar-refractivity contribution in [1.82, 2.24) is 19.6 Å². The number of carbonyl (C=O) groups is 2. The van der Waals surface area contributed by atoms with Gasteiger partial charge in [0.05, 0.1) is 43.7 Å². The predicted molar refractivity (Wildman–Crippen MR) is 109 cm³/mol. The standard InChI is InChI=1S/C22H21F2N5O3/c23-17-1-2-18-16(21(17)24)8-27(22(31)26-18)9-20(30)28-6-12-3-15(19(28)4-12)13-5-25-29(7-13)14-10-32-11-14/h1-3,5,7,12,14,19H,4,6,8-11H2,(H,26,31)/t12-,19-/m1/s1. The molecule has 2 saturated heterocycles. The second kappa shape index (κ2) is 7.13. The van der Waals surface area contributed by atoms with E-state index in [-0.39, 0.29) is 48.2 Å². The van der Waals surface area contributed by atoms with Crippen molar-refractivity contribution in [3.8, 4) is 0 Å². The number of nitrogens with one attached hydrogen (secondary N) is 1. The van der Waals surface area contributed by atoms with E-state index in [0.29, 0.717) is 19.8 Å². The minimum atomic E-state index is -1.00. The summed E-state index contributed by atoms with van der Waals surface area (Å²) >= 11 is 0. The second-order valence-electron chi connectivity index (χ2n) is 8.75. The fourth-order valence-corrected chi connectivity index (χ4v) is 4.98. The molecule has 0 radical (unpaired) electrons. The minimum absolute atomic E-state index is 0.0494. The lowest BCUT2D eigenvalue weighted by atomic mass is 10.0. The van der Waals surface area contributed by atoms with Gasteiger partial charge in [-0.3, -0.25) is 9.48 Å². The molecule has 1 N–H and O–H groups in total. The Balaban J connectivity index is 1.17. The molecule has 1 aromatic heterocycles. The van der Waals surface area contributed by atoms with Crippen molar-refractivity contribution in [3.05, 3.63) is 53.4 Å². The predicted octanol–water partition coefficient (Wildman–Crippen LogP) is 2.39. The van der Waals surface area contributed by atoms with Gasteiger partial charge in [0.15, 0.2) is 11.6 Å². The smallest absolute Gasteiger partial charge is 0.322 e. The van der Waals surface area contributed by atoms with E-state index >= 15 is 0 Å². The van der Waals surface area contributed by atoms with Crippen molar-refractivity contribution in [2.24, 2.45) is 5.92 Å². The summed E-state index contributed by atoms with van der Waals surface area (Å²) in [5.74, 6) is -1.93. The van der Waals surface area contributed by atoms with E-state index in [1.807, 2.05) is 17.1 Å². The van der Waals surface area contributed by atoms with E-state index in [2.05, 4.69) is 16.5 Å². The number of hydrogen-bond acceptors (Lipinski definition) is 4. The van der Waals surface area contributed by atoms with Gasteiger partial charge < -0.3 is 19.9 Å². The topological polar surface area (TPSA) is 79.7 Å². The van der Waals surface area contributed by atoms with E-state index in [1.54, 1.807) is 4.90 Å². The van der Waals surface area contributed by atoms with Gasteiger partial charge in [-0.25, -0.2) is 13.6 Å². The first-order valence-electron chi connectivity index (χ1n) is 10.6. The Labute approximate surface area is 182 Å². The maximum Gasteiger partial charge on any atom is 0.322 e. The summed E-state index contributed by atoms with van der Waals surface area (Å²) in [5, 5.41) is 6.99. The summed E-state index contributed by atoms with van der Waals surface area (Å²) in [6, 6.07) is 1.99. The summed E-state index contributed by atoms with van der Waals surface area (Å²) in [5.41, 5.74) is 2.34. The lowest BCUT2D eigenvalue weighted by Gasteiger charge is -2.33. The molecule has 166 valence electrons. The maximum absolute atomic E-state index is 14.2. The maximum atomic E-state index is 14.2. The van der Waals surface area contributed by atoms with Crippen LogP contribution in [-0.2, 0) is 16.1 Å². The number of benzene rings is 1. The van der Waals surface area contributed by atoms with Gasteiger partial charge in [-0.05, 0) is 30.0 Å². The fourth-order valence-electron chi connectivity index (χ4n) is 4.98. The Kier molecular flexibility index (Phi) is 4.32. The average Bonchev–Trinajstić information content (AvgIpc) is 3.46. The number of aromatic nitrogens is 2. The number of nitrogens with zero attached hydrogens (tertiary/aromatic N) is 4. The van der Waals surface area contributed by atoms with Crippen molar-refractivity contribution in [2.45, 2.75) is 25.0 Å². The number of halogens is 2. The third kappa shape index (κ3) is 3.01. The molecule has 0 saturated carbocycles. The molecule has 4 aliphatic rings. The van der Waals surface area contributed by atoms with Crippen LogP contribution < -0.4 is 5.32 Å². The monoisotopic (exact) mass is 441 g/mol. The zero-order valence-electron chi connectivity index (χ0n) is 17.1. The Hall–Kier alpha value is -3.27. The quantitative estimate of drug-likeness (QED) is 0.790. The van der Waals surface area contributed by atoms with E-state index in [0.717, 1.165) is 23.6 Å². The number of carbonyl (C=O) groups excluding carboxylic acids is 2. The molecule has 2 fully saturated rings. The molecule has 2 bridgehead atoms. The van der Waals surface area contributed by atoms with Crippen molar-refractivity contribution >= 4 is 23.2 Å². The van der Waals surface area contributed by atoms with Crippen LogP contribution in [0.1, 0.15) is 23.6 Å². The first-order chi connectivity index (χ1) is 15.5. The van der Waals surface area contributed by atoms with Crippen LogP contribution in [-0.4, -0.2) is 63.9 Å². The van der Waals surface area contributed by atoms with Gasteiger partial charge in [-0.15, -0.1) is 0 Å². The molecular formula is C22H21F2N5O3. The molecule has 10 heteroatoms. The zero-order chi connectivity index (χ0) is 22.0. The van der Waals surface area contributed by atoms with Crippen molar-refractivity contribution < 1.29 is 23.1 Å². The van der Waals surface area contributed by atoms with Gasteiger partial charge in [0, 0.05) is 23.9 Å². The molecule has 3 amide bonds. The second-order valence-corrected chi connectivity index (χ2v) is 8.75. The van der Waals surface area contributed by atoms with Crippen LogP contribution in [0.15, 0.2) is 30.6 Å². The first kappa shape index (κ1) is 19.4. The highest BCUT2D eigenvalue weighted by atomic mass is 19.2. The van der Waals surface area contributed by atoms with Crippen molar-refractivity contribution in [2.75, 3.05) is 31.6 Å². The third-order valence-electron chi connectivity index (χ3n) is 6.76. The molecule has 2 aromatic rings. The molecule has 1 aliphatic carbocycles. The van der Waals surface area contributed by atoms with E-state index < -0.39 is 17.7 Å². The third-order valence-corrected chi connectivity index (χ3v) is 6.76. The average molecular weight is 441 g/mol. The number of fused-ring (bicyclic) bond motifs is 3. The van der Waals surface area contributed by atoms with Crippen molar-refractivity contribution in [3.63, 3.8) is 0 Å². The lowest BCUT2D eigenvalue weighted by molar-refractivity contribution is -0.132. The number of urea groups is 1. The Morgan fingerprint density at radius 3 is 2.88 bits per heavy atom. The van der Waals surface area contributed by atoms with E-state index in [9.17, 15) is 18.4 Å². The number of hydrogen-bond donors (Lipinski definition) is 1. The highest BCUT2D eigenvalue weighted by Gasteiger charge is 2.43. The van der Waals surface area contributed by atoms with Gasteiger partial charge >= 0.3 is 6.03 Å². The first-order valence-corrected chi connectivity index (χ1v) is 10.6. The van der Waals surface area contributed by atoms with Gasteiger partial charge in [0.25, 0.3) is 0 Å². The van der Waals surface area contributed by atoms with E-state index in [1.165, 1.54) is 11.0 Å². The van der Waals surface area contributed by atoms with Gasteiger partial charge in [-0.1, -0.05) is 6.08 Å². The van der Waals surface area contributed by atoms with Gasteiger partial charge in [0.2, 0.25) is 5.91 Å². The molecule has 32 heavy (non-hydrogen) atoms. The lowest BCUT2D eigenvalue weighted by Crippen LogP contribution is -2.48. The van der Waals surface area contributed by atoms with Crippen LogP contribution in [0.2, 0.25) is 0 Å². The van der Waals surface area contributed by atoms with Crippen LogP contribution >= 0.6 is 0 Å². The van der Waals surface area contributed by atoms with Gasteiger partial charge in [-0.2, -0.15) is 5.10 Å². The van der Waals surface area contributed by atoms with Crippen molar-refractivity contribution in [1.29, 1.82) is 0 Å². The van der Waals surface area contributed by atoms with Crippen LogP contribution in [0.5, 0.6) is 0 Å². The highest BCUT2D eigenvalue weighted by molar-refractivity contribution is 5.95. The summed E-state index contributed by atoms with van der Waals surface area (Å²) < 4.78 is 35.0. The molecule has 1 aromatic carbocycles. The molecule has 4 heterocycles. The summed E-state index contributed by atoms with van der Waals surface area (Å²) in [4.78, 5) is 28.6. The number of anilines is 1. The number of rotatable bonds is 4. The Bertz CT molecular complexity index is 1160. The fraction of sp³-hybridized carbons (Fsp3) is 0.409. The molecule has 0 spiro atoms. The Morgan fingerprint density at radius 2 is 2.12 bits per heavy atom. The molecule has 3 aliphatic heterocycles. The summed E-state index contributed by atoms with van der Waals surface area (Å²) in [7, 11) is 0. The number of amides is 3. The molecular weight excluding hydrogens is 420 g/mol. The molecule has 6 rings (SSSR count). The molecule has 2 atom stereocenters. The van der Waals surface area contributed by atoms with E-state index in [4.69, 9.17) is 4.74 Å². The highest BCUT2D eigenvalue weighted by Crippen LogP contribution is 2.42. The molecule has 8 nitrogen and oxygen atoms in total. The molecule has 0 unspecified atom stereocenters. The number of likely N-dealkylation sites (tertiary alicyclic amines) is 1. The largest absolute Gasteiger partial charge is 0.377 e. The zero-order valence-corrected chi connectivity index (χ0v) is 17.1. The van der Waals surface area contributed by atoms with Crippen LogP contribution in [0.3, 0.4) is 0 Å². The Morgan fingerprint density at radius 1 is 1.28 bits per heavy atom. The summed E-state index contributed by atoms with van der Waals surface area (Å²) in [6.07, 6.45) is 6.86. The van der Waals surface area contributed by atoms with Crippen LogP contribution in [0, 0.1) is 17.6 Å². The number of ether oxygens (including phenoxy) is 1. The SMILES string of the molecule is O=C1Nc2ccc(F)c(F)c2CN1CC(=O)N1C[C@@H]2C=C(c3cnn(C4COC4)c3)[C@H]1C2. The van der Waals surface area contributed by atoms with Gasteiger partial charge in [0.1, 0.15) is 6.54 Å². The van der Waals surface area contributed by atoms with Crippen LogP contribution in [0.25, 0.3) is 5.57 Å².